The molecule has 0 unspecified atom stereocenters. The van der Waals surface area contributed by atoms with Crippen LogP contribution in [0.2, 0.25) is 0 Å². The first-order valence-electron chi connectivity index (χ1n) is 7.84. The third-order valence-electron chi connectivity index (χ3n) is 3.65. The van der Waals surface area contributed by atoms with Crippen molar-refractivity contribution in [1.29, 1.82) is 0 Å². The fourth-order valence-electron chi connectivity index (χ4n) is 2.25. The van der Waals surface area contributed by atoms with Crippen molar-refractivity contribution in [3.63, 3.8) is 0 Å². The number of ether oxygens (including phenoxy) is 1. The van der Waals surface area contributed by atoms with Crippen molar-refractivity contribution < 1.29 is 9.53 Å². The number of amides is 2. The van der Waals surface area contributed by atoms with Gasteiger partial charge in [-0.05, 0) is 43.3 Å². The van der Waals surface area contributed by atoms with E-state index < -0.39 is 0 Å². The summed E-state index contributed by atoms with van der Waals surface area (Å²) in [5.41, 5.74) is 3.83. The molecule has 0 aliphatic heterocycles. The molecule has 0 atom stereocenters. The Balaban J connectivity index is 1.55. The van der Waals surface area contributed by atoms with Crippen molar-refractivity contribution in [2.45, 2.75) is 13.5 Å². The second-order valence-electron chi connectivity index (χ2n) is 5.53. The normalized spacial score (nSPS) is 10.3. The highest BCUT2D eigenvalue weighted by Crippen LogP contribution is 2.24. The van der Waals surface area contributed by atoms with Gasteiger partial charge < -0.3 is 15.4 Å². The van der Waals surface area contributed by atoms with Gasteiger partial charge in [0.1, 0.15) is 10.8 Å². The number of anilines is 1. The molecule has 0 radical (unpaired) electrons. The number of methoxy groups -OCH3 is 1. The number of nitrogens with zero attached hydrogens (tertiary/aromatic N) is 1. The molecule has 0 aliphatic carbocycles. The van der Waals surface area contributed by atoms with Crippen molar-refractivity contribution in [3.05, 3.63) is 64.5 Å². The minimum Gasteiger partial charge on any atom is -0.497 e. The van der Waals surface area contributed by atoms with Crippen molar-refractivity contribution in [3.8, 4) is 17.0 Å². The summed E-state index contributed by atoms with van der Waals surface area (Å²) in [4.78, 5) is 16.5. The van der Waals surface area contributed by atoms with Gasteiger partial charge in [-0.2, -0.15) is 0 Å². The predicted molar refractivity (Wildman–Crippen MR) is 101 cm³/mol. The molecule has 0 aliphatic rings. The summed E-state index contributed by atoms with van der Waals surface area (Å²) in [5.74, 6) is 0.814. The van der Waals surface area contributed by atoms with Crippen molar-refractivity contribution in [1.82, 2.24) is 10.3 Å². The highest BCUT2D eigenvalue weighted by Gasteiger charge is 2.07. The number of thiazole rings is 1. The van der Waals surface area contributed by atoms with Crippen LogP contribution in [0.3, 0.4) is 0 Å². The Labute approximate surface area is 150 Å². The molecule has 3 rings (SSSR count). The van der Waals surface area contributed by atoms with E-state index in [4.69, 9.17) is 4.74 Å². The van der Waals surface area contributed by atoms with Crippen LogP contribution in [0.25, 0.3) is 11.3 Å². The number of aryl methyl sites for hydroxylation is 1. The Bertz CT molecular complexity index is 842. The zero-order chi connectivity index (χ0) is 17.6. The number of urea groups is 1. The summed E-state index contributed by atoms with van der Waals surface area (Å²) >= 11 is 1.52. The molecule has 2 aromatic carbocycles. The summed E-state index contributed by atoms with van der Waals surface area (Å²) in [5, 5.41) is 8.46. The van der Waals surface area contributed by atoms with Crippen LogP contribution in [0, 0.1) is 6.92 Å². The van der Waals surface area contributed by atoms with E-state index in [-0.39, 0.29) is 6.03 Å². The van der Waals surface area contributed by atoms with Crippen LogP contribution in [0.4, 0.5) is 10.5 Å². The van der Waals surface area contributed by atoms with Crippen molar-refractivity contribution >= 4 is 23.1 Å². The molecule has 0 saturated heterocycles. The van der Waals surface area contributed by atoms with Crippen LogP contribution < -0.4 is 15.4 Å². The highest BCUT2D eigenvalue weighted by molar-refractivity contribution is 7.09. The second-order valence-corrected chi connectivity index (χ2v) is 6.47. The van der Waals surface area contributed by atoms with E-state index in [1.165, 1.54) is 11.3 Å². The van der Waals surface area contributed by atoms with E-state index in [0.29, 0.717) is 6.54 Å². The average Bonchev–Trinajstić information content (AvgIpc) is 3.11. The molecule has 2 amide bonds. The van der Waals surface area contributed by atoms with Gasteiger partial charge in [-0.1, -0.05) is 17.7 Å². The topological polar surface area (TPSA) is 63.2 Å². The Morgan fingerprint density at radius 3 is 2.52 bits per heavy atom. The lowest BCUT2D eigenvalue weighted by molar-refractivity contribution is 0.251. The molecule has 1 aromatic heterocycles. The minimum atomic E-state index is -0.245. The lowest BCUT2D eigenvalue weighted by Crippen LogP contribution is -2.28. The van der Waals surface area contributed by atoms with Gasteiger partial charge in [-0.25, -0.2) is 9.78 Å². The number of carbonyl (C=O) groups is 1. The van der Waals surface area contributed by atoms with E-state index in [0.717, 1.165) is 33.3 Å². The average molecular weight is 353 g/mol. The van der Waals surface area contributed by atoms with E-state index in [1.54, 1.807) is 7.11 Å². The Hall–Kier alpha value is -2.86. The zero-order valence-electron chi connectivity index (χ0n) is 14.1. The van der Waals surface area contributed by atoms with Gasteiger partial charge in [0.25, 0.3) is 0 Å². The molecule has 128 valence electrons. The summed E-state index contributed by atoms with van der Waals surface area (Å²) in [7, 11) is 1.64. The smallest absolute Gasteiger partial charge is 0.319 e. The van der Waals surface area contributed by atoms with Crippen LogP contribution in [-0.2, 0) is 6.54 Å². The number of aromatic nitrogens is 1. The molecule has 0 saturated carbocycles. The summed E-state index contributed by atoms with van der Waals surface area (Å²) in [6.07, 6.45) is 0. The van der Waals surface area contributed by atoms with Gasteiger partial charge in [-0.3, -0.25) is 0 Å². The summed E-state index contributed by atoms with van der Waals surface area (Å²) < 4.78 is 5.16. The number of rotatable bonds is 5. The molecule has 0 spiro atoms. The number of hydrogen-bond acceptors (Lipinski definition) is 4. The molecule has 1 heterocycles. The Morgan fingerprint density at radius 2 is 1.84 bits per heavy atom. The van der Waals surface area contributed by atoms with Gasteiger partial charge in [0, 0.05) is 16.6 Å². The first-order chi connectivity index (χ1) is 12.1. The summed E-state index contributed by atoms with van der Waals surface area (Å²) in [6, 6.07) is 15.2. The monoisotopic (exact) mass is 353 g/mol. The molecular formula is C19H19N3O2S. The third kappa shape index (κ3) is 4.58. The largest absolute Gasteiger partial charge is 0.497 e. The minimum absolute atomic E-state index is 0.245. The number of hydrogen-bond donors (Lipinski definition) is 2. The predicted octanol–water partition coefficient (Wildman–Crippen LogP) is 4.45. The molecule has 3 aromatic rings. The number of benzene rings is 2. The molecule has 25 heavy (non-hydrogen) atoms. The van der Waals surface area contributed by atoms with Gasteiger partial charge >= 0.3 is 6.03 Å². The third-order valence-corrected chi connectivity index (χ3v) is 4.50. The molecule has 0 fully saturated rings. The van der Waals surface area contributed by atoms with E-state index in [2.05, 4.69) is 15.6 Å². The molecule has 5 nitrogen and oxygen atoms in total. The maximum Gasteiger partial charge on any atom is 0.319 e. The van der Waals surface area contributed by atoms with Crippen molar-refractivity contribution in [2.24, 2.45) is 0 Å². The standard InChI is InChI=1S/C19H19N3O2S/c1-13-3-7-15(8-4-13)21-19(23)20-11-18-22-17(12-25-18)14-5-9-16(24-2)10-6-14/h3-10,12H,11H2,1-2H3,(H2,20,21,23). The fourth-order valence-corrected chi connectivity index (χ4v) is 3.00. The molecule has 2 N–H and O–H groups in total. The quantitative estimate of drug-likeness (QED) is 0.712. The van der Waals surface area contributed by atoms with E-state index in [9.17, 15) is 4.79 Å². The Morgan fingerprint density at radius 1 is 1.12 bits per heavy atom. The van der Waals surface area contributed by atoms with Crippen LogP contribution in [0.15, 0.2) is 53.9 Å². The SMILES string of the molecule is COc1ccc(-c2csc(CNC(=O)Nc3ccc(C)cc3)n2)cc1. The molecule has 6 heteroatoms. The van der Waals surface area contributed by atoms with Crippen LogP contribution >= 0.6 is 11.3 Å². The molecule has 0 bridgehead atoms. The van der Waals surface area contributed by atoms with Crippen LogP contribution in [0.1, 0.15) is 10.6 Å². The van der Waals surface area contributed by atoms with Gasteiger partial charge in [0.2, 0.25) is 0 Å². The first-order valence-corrected chi connectivity index (χ1v) is 8.72. The maximum absolute atomic E-state index is 12.0. The maximum atomic E-state index is 12.0. The van der Waals surface area contributed by atoms with Crippen molar-refractivity contribution in [2.75, 3.05) is 12.4 Å². The number of carbonyl (C=O) groups excluding carboxylic acids is 1. The van der Waals surface area contributed by atoms with Gasteiger partial charge in [-0.15, -0.1) is 11.3 Å². The molecular weight excluding hydrogens is 334 g/mol. The second kappa shape index (κ2) is 7.81. The van der Waals surface area contributed by atoms with Gasteiger partial charge in [0.05, 0.1) is 19.3 Å². The fraction of sp³-hybridized carbons (Fsp3) is 0.158. The Kier molecular flexibility index (Phi) is 5.30. The lowest BCUT2D eigenvalue weighted by atomic mass is 10.2. The van der Waals surface area contributed by atoms with Gasteiger partial charge in [0.15, 0.2) is 0 Å². The zero-order valence-corrected chi connectivity index (χ0v) is 14.9. The first kappa shape index (κ1) is 17.0. The van der Waals surface area contributed by atoms with E-state index >= 15 is 0 Å². The van der Waals surface area contributed by atoms with E-state index in [1.807, 2.05) is 60.8 Å². The lowest BCUT2D eigenvalue weighted by Gasteiger charge is -2.06. The van der Waals surface area contributed by atoms with Crippen LogP contribution in [0.5, 0.6) is 5.75 Å². The highest BCUT2D eigenvalue weighted by atomic mass is 32.1. The summed E-state index contributed by atoms with van der Waals surface area (Å²) in [6.45, 7) is 2.39. The van der Waals surface area contributed by atoms with Crippen LogP contribution in [-0.4, -0.2) is 18.1 Å². The number of nitrogens with one attached hydrogen (secondary N) is 2.